The van der Waals surface area contributed by atoms with Gasteiger partial charge in [-0.1, -0.05) is 27.8 Å². The normalized spacial score (nSPS) is 32.3. The molecule has 1 fully saturated rings. The molecular weight excluding hydrogens is 360 g/mol. The van der Waals surface area contributed by atoms with Crippen molar-refractivity contribution in [2.45, 2.75) is 85.2 Å². The van der Waals surface area contributed by atoms with E-state index in [9.17, 15) is 0 Å². The molecule has 0 aromatic rings. The average molecular weight is 391 g/mol. The molecule has 1 aliphatic heterocycles. The Labute approximate surface area is 145 Å². The zero-order valence-electron chi connectivity index (χ0n) is 15.5. The van der Waals surface area contributed by atoms with Crippen LogP contribution < -0.4 is 0 Å². The van der Waals surface area contributed by atoms with E-state index in [0.29, 0.717) is 0 Å². The first-order valence-corrected chi connectivity index (χ1v) is 12.1. The molecule has 0 radical (unpaired) electrons. The van der Waals surface area contributed by atoms with E-state index in [1.165, 1.54) is 0 Å². The van der Waals surface area contributed by atoms with E-state index in [4.69, 9.17) is 13.9 Å². The van der Waals surface area contributed by atoms with E-state index in [2.05, 4.69) is 61.6 Å². The van der Waals surface area contributed by atoms with E-state index >= 15 is 0 Å². The summed E-state index contributed by atoms with van der Waals surface area (Å²) in [6.45, 7) is 18.6. The lowest BCUT2D eigenvalue weighted by atomic mass is 9.88. The summed E-state index contributed by atoms with van der Waals surface area (Å²) in [6.07, 6.45) is -0.321. The third-order valence-corrected chi connectivity index (χ3v) is 9.11. The molecular formula is C17H31BrO3Si. The minimum atomic E-state index is -1.91. The summed E-state index contributed by atoms with van der Waals surface area (Å²) in [7, 11) is -1.91. The van der Waals surface area contributed by atoms with Crippen molar-refractivity contribution in [1.82, 2.24) is 0 Å². The Morgan fingerprint density at radius 2 is 1.59 bits per heavy atom. The van der Waals surface area contributed by atoms with Crippen LogP contribution in [0.25, 0.3) is 0 Å². The van der Waals surface area contributed by atoms with Crippen LogP contribution in [0.2, 0.25) is 13.1 Å². The Morgan fingerprint density at radius 3 is 1.95 bits per heavy atom. The Balaban J connectivity index is 3.30. The second-order valence-corrected chi connectivity index (χ2v) is 13.9. The standard InChI is InChI=1S/C17H31BrO3Si/c1-13-17(11-10-15(3,4)5,21-22(8,9)12-18)14(2)20-16(6,7)19-13/h13-14H,12H2,1-9H3/t13-,14-/m0/s1. The van der Waals surface area contributed by atoms with Gasteiger partial charge in [0, 0.05) is 10.4 Å². The van der Waals surface area contributed by atoms with Crippen LogP contribution in [-0.4, -0.2) is 36.9 Å². The zero-order valence-corrected chi connectivity index (χ0v) is 18.1. The van der Waals surface area contributed by atoms with Crippen molar-refractivity contribution in [3.63, 3.8) is 0 Å². The van der Waals surface area contributed by atoms with Crippen LogP contribution in [0.3, 0.4) is 0 Å². The van der Waals surface area contributed by atoms with Crippen LogP contribution in [0.5, 0.6) is 0 Å². The zero-order chi connectivity index (χ0) is 17.4. The molecule has 2 atom stereocenters. The van der Waals surface area contributed by atoms with Gasteiger partial charge in [0.15, 0.2) is 19.7 Å². The first-order chi connectivity index (χ1) is 9.73. The molecule has 0 aliphatic carbocycles. The maximum Gasteiger partial charge on any atom is 0.199 e. The fraction of sp³-hybridized carbons (Fsp3) is 0.882. The summed E-state index contributed by atoms with van der Waals surface area (Å²) in [5.74, 6) is 6.12. The minimum absolute atomic E-state index is 0.0944. The number of rotatable bonds is 3. The van der Waals surface area contributed by atoms with Crippen LogP contribution in [0.15, 0.2) is 0 Å². The third kappa shape index (κ3) is 5.07. The Hall–Kier alpha value is 0.137. The molecule has 0 saturated carbocycles. The monoisotopic (exact) mass is 390 g/mol. The van der Waals surface area contributed by atoms with E-state index in [-0.39, 0.29) is 17.6 Å². The predicted molar refractivity (Wildman–Crippen MR) is 97.5 cm³/mol. The van der Waals surface area contributed by atoms with Crippen molar-refractivity contribution in [3.8, 4) is 11.8 Å². The topological polar surface area (TPSA) is 27.7 Å². The summed E-state index contributed by atoms with van der Waals surface area (Å²) in [5.41, 5.74) is -0.824. The highest BCUT2D eigenvalue weighted by molar-refractivity contribution is 9.09. The average Bonchev–Trinajstić information content (AvgIpc) is 2.30. The summed E-state index contributed by atoms with van der Waals surface area (Å²) in [6, 6.07) is 0. The van der Waals surface area contributed by atoms with Crippen LogP contribution >= 0.6 is 15.9 Å². The fourth-order valence-corrected chi connectivity index (χ4v) is 4.24. The highest BCUT2D eigenvalue weighted by atomic mass is 79.9. The highest BCUT2D eigenvalue weighted by Gasteiger charge is 2.53. The van der Waals surface area contributed by atoms with Gasteiger partial charge in [-0.25, -0.2) is 0 Å². The third-order valence-electron chi connectivity index (χ3n) is 3.53. The molecule has 0 aromatic carbocycles. The summed E-state index contributed by atoms with van der Waals surface area (Å²) < 4.78 is 18.7. The van der Waals surface area contributed by atoms with Gasteiger partial charge in [0.2, 0.25) is 0 Å². The molecule has 3 nitrogen and oxygen atoms in total. The second-order valence-electron chi connectivity index (χ2n) is 8.21. The van der Waals surface area contributed by atoms with Crippen LogP contribution in [-0.2, 0) is 13.9 Å². The van der Waals surface area contributed by atoms with Crippen molar-refractivity contribution < 1.29 is 13.9 Å². The molecule has 1 heterocycles. The van der Waals surface area contributed by atoms with Crippen LogP contribution in [0.4, 0.5) is 0 Å². The Morgan fingerprint density at radius 1 is 1.14 bits per heavy atom. The van der Waals surface area contributed by atoms with E-state index in [1.54, 1.807) is 0 Å². The quantitative estimate of drug-likeness (QED) is 0.403. The molecule has 0 amide bonds. The fourth-order valence-electron chi connectivity index (χ4n) is 2.55. The molecule has 0 N–H and O–H groups in total. The Bertz CT molecular complexity index is 443. The molecule has 1 aliphatic rings. The number of halogens is 1. The van der Waals surface area contributed by atoms with Crippen LogP contribution in [0, 0.1) is 17.3 Å². The molecule has 5 heteroatoms. The van der Waals surface area contributed by atoms with E-state index < -0.39 is 19.7 Å². The van der Waals surface area contributed by atoms with Crippen molar-refractivity contribution in [1.29, 1.82) is 0 Å². The molecule has 1 rings (SSSR count). The number of hydrogen-bond donors (Lipinski definition) is 0. The van der Waals surface area contributed by atoms with Gasteiger partial charge in [-0.2, -0.15) is 0 Å². The first kappa shape index (κ1) is 20.2. The van der Waals surface area contributed by atoms with E-state index in [0.717, 1.165) is 4.95 Å². The number of alkyl halides is 1. The first-order valence-electron chi connectivity index (χ1n) is 7.89. The van der Waals surface area contributed by atoms with Gasteiger partial charge in [-0.05, 0) is 61.6 Å². The molecule has 22 heavy (non-hydrogen) atoms. The lowest BCUT2D eigenvalue weighted by Crippen LogP contribution is -2.65. The number of ether oxygens (including phenoxy) is 2. The lowest BCUT2D eigenvalue weighted by Gasteiger charge is -2.51. The number of hydrogen-bond acceptors (Lipinski definition) is 3. The lowest BCUT2D eigenvalue weighted by molar-refractivity contribution is -0.338. The van der Waals surface area contributed by atoms with Crippen molar-refractivity contribution in [2.24, 2.45) is 5.41 Å². The van der Waals surface area contributed by atoms with Gasteiger partial charge in [0.25, 0.3) is 0 Å². The maximum atomic E-state index is 6.60. The van der Waals surface area contributed by atoms with Gasteiger partial charge in [0.1, 0.15) is 12.2 Å². The smallest absolute Gasteiger partial charge is 0.199 e. The summed E-state index contributed by atoms with van der Waals surface area (Å²) >= 11 is 3.58. The van der Waals surface area contributed by atoms with Gasteiger partial charge in [-0.3, -0.25) is 0 Å². The molecule has 128 valence electrons. The predicted octanol–water partition coefficient (Wildman–Crippen LogP) is 4.49. The highest BCUT2D eigenvalue weighted by Crippen LogP contribution is 2.38. The van der Waals surface area contributed by atoms with Crippen molar-refractivity contribution in [2.75, 3.05) is 4.95 Å². The molecule has 1 saturated heterocycles. The molecule has 0 unspecified atom stereocenters. The maximum absolute atomic E-state index is 6.60. The second kappa shape index (κ2) is 6.56. The van der Waals surface area contributed by atoms with E-state index in [1.807, 2.05) is 27.7 Å². The molecule has 0 bridgehead atoms. The SMILES string of the molecule is C[C@@H]1OC(C)(C)O[C@@H](C)C1(C#CC(C)(C)C)O[Si](C)(C)CBr. The largest absolute Gasteiger partial charge is 0.396 e. The van der Waals surface area contributed by atoms with Crippen LogP contribution in [0.1, 0.15) is 48.5 Å². The van der Waals surface area contributed by atoms with Gasteiger partial charge in [0.05, 0.1) is 0 Å². The summed E-state index contributed by atoms with van der Waals surface area (Å²) in [5, 5.41) is 0. The van der Waals surface area contributed by atoms with Gasteiger partial charge >= 0.3 is 0 Å². The Kier molecular flexibility index (Phi) is 6.02. The van der Waals surface area contributed by atoms with Crippen molar-refractivity contribution in [3.05, 3.63) is 0 Å². The van der Waals surface area contributed by atoms with Crippen molar-refractivity contribution >= 4 is 24.2 Å². The molecule has 0 aromatic heterocycles. The van der Waals surface area contributed by atoms with Gasteiger partial charge in [-0.15, -0.1) is 0 Å². The van der Waals surface area contributed by atoms with Gasteiger partial charge < -0.3 is 13.9 Å². The summed E-state index contributed by atoms with van der Waals surface area (Å²) in [4.78, 5) is 0.849. The molecule has 0 spiro atoms. The minimum Gasteiger partial charge on any atom is -0.396 e.